The Morgan fingerprint density at radius 1 is 1.18 bits per heavy atom. The van der Waals surface area contributed by atoms with Gasteiger partial charge >= 0.3 is 0 Å². The lowest BCUT2D eigenvalue weighted by Gasteiger charge is -2.16. The molecule has 7 heteroatoms. The molecule has 1 N–H and O–H groups in total. The van der Waals surface area contributed by atoms with Crippen molar-refractivity contribution in [2.75, 3.05) is 6.61 Å². The monoisotopic (exact) mass is 382 g/mol. The molecular formula is C21H26N4O3. The average molecular weight is 382 g/mol. The summed E-state index contributed by atoms with van der Waals surface area (Å²) in [5.74, 6) is 3.26. The SMILES string of the molecule is Cc1nc([C@H](CC2CC2)NC(=O)c2ccc(C3CC3)c(OCC3CC3)n2)no1. The highest BCUT2D eigenvalue weighted by atomic mass is 16.5. The van der Waals surface area contributed by atoms with Gasteiger partial charge in [0.05, 0.1) is 12.6 Å². The van der Waals surface area contributed by atoms with Crippen molar-refractivity contribution < 1.29 is 14.1 Å². The van der Waals surface area contributed by atoms with E-state index in [1.54, 1.807) is 6.92 Å². The highest BCUT2D eigenvalue weighted by Gasteiger charge is 2.32. The summed E-state index contributed by atoms with van der Waals surface area (Å²) in [5.41, 5.74) is 1.52. The van der Waals surface area contributed by atoms with Gasteiger partial charge in [0.2, 0.25) is 11.8 Å². The molecule has 3 fully saturated rings. The standard InChI is InChI=1S/C21H26N4O3/c1-12-22-19(25-28-12)18(10-13-2-3-13)23-20(26)17-9-8-16(15-6-7-15)21(24-17)27-11-14-4-5-14/h8-9,13-15,18H,2-7,10-11H2,1H3,(H,23,26)/t18-/m0/s1. The van der Waals surface area contributed by atoms with Crippen molar-refractivity contribution in [3.05, 3.63) is 35.1 Å². The first-order chi connectivity index (χ1) is 13.7. The number of hydrogen-bond donors (Lipinski definition) is 1. The maximum atomic E-state index is 12.9. The second kappa shape index (κ2) is 7.18. The molecule has 28 heavy (non-hydrogen) atoms. The Morgan fingerprint density at radius 2 is 1.96 bits per heavy atom. The number of ether oxygens (including phenoxy) is 1. The maximum absolute atomic E-state index is 12.9. The zero-order chi connectivity index (χ0) is 19.1. The van der Waals surface area contributed by atoms with E-state index >= 15 is 0 Å². The lowest BCUT2D eigenvalue weighted by molar-refractivity contribution is 0.0924. The van der Waals surface area contributed by atoms with Crippen LogP contribution in [0.25, 0.3) is 0 Å². The molecule has 3 saturated carbocycles. The Hall–Kier alpha value is -2.44. The van der Waals surface area contributed by atoms with Gasteiger partial charge in [0.25, 0.3) is 5.91 Å². The average Bonchev–Trinajstić information content (AvgIpc) is 3.55. The molecule has 5 rings (SSSR count). The van der Waals surface area contributed by atoms with E-state index in [0.717, 1.165) is 12.0 Å². The molecule has 3 aliphatic carbocycles. The fraction of sp³-hybridized carbons (Fsp3) is 0.619. The summed E-state index contributed by atoms with van der Waals surface area (Å²) >= 11 is 0. The Labute approximate surface area is 164 Å². The lowest BCUT2D eigenvalue weighted by atomic mass is 10.1. The number of rotatable bonds is 9. The van der Waals surface area contributed by atoms with Crippen LogP contribution in [-0.4, -0.2) is 27.6 Å². The third kappa shape index (κ3) is 4.18. The van der Waals surface area contributed by atoms with E-state index in [1.165, 1.54) is 38.5 Å². The molecule has 0 aliphatic heterocycles. The molecule has 1 amide bonds. The Balaban J connectivity index is 1.33. The van der Waals surface area contributed by atoms with Crippen molar-refractivity contribution in [2.24, 2.45) is 11.8 Å². The van der Waals surface area contributed by atoms with Gasteiger partial charge in [-0.15, -0.1) is 0 Å². The van der Waals surface area contributed by atoms with Crippen LogP contribution in [0.3, 0.4) is 0 Å². The van der Waals surface area contributed by atoms with Crippen LogP contribution in [0.1, 0.15) is 84.7 Å². The lowest BCUT2D eigenvalue weighted by Crippen LogP contribution is -2.30. The van der Waals surface area contributed by atoms with Crippen molar-refractivity contribution in [1.82, 2.24) is 20.4 Å². The molecule has 2 aromatic heterocycles. The number of carbonyl (C=O) groups is 1. The second-order valence-electron chi connectivity index (χ2n) is 8.50. The van der Waals surface area contributed by atoms with Crippen LogP contribution in [0.15, 0.2) is 16.7 Å². The summed E-state index contributed by atoms with van der Waals surface area (Å²) < 4.78 is 11.1. The number of aromatic nitrogens is 3. The van der Waals surface area contributed by atoms with Crippen LogP contribution in [0.4, 0.5) is 0 Å². The topological polar surface area (TPSA) is 90.1 Å². The molecule has 0 bridgehead atoms. The number of hydrogen-bond acceptors (Lipinski definition) is 6. The Morgan fingerprint density at radius 3 is 2.61 bits per heavy atom. The molecule has 3 aliphatic rings. The Kier molecular flexibility index (Phi) is 4.53. The van der Waals surface area contributed by atoms with Crippen molar-refractivity contribution in [1.29, 1.82) is 0 Å². The van der Waals surface area contributed by atoms with Crippen molar-refractivity contribution in [3.63, 3.8) is 0 Å². The van der Waals surface area contributed by atoms with E-state index in [0.29, 0.717) is 47.6 Å². The first-order valence-electron chi connectivity index (χ1n) is 10.4. The molecule has 0 unspecified atom stereocenters. The van der Waals surface area contributed by atoms with Crippen LogP contribution in [0.2, 0.25) is 0 Å². The van der Waals surface area contributed by atoms with Crippen molar-refractivity contribution in [3.8, 4) is 5.88 Å². The number of nitrogens with one attached hydrogen (secondary N) is 1. The molecule has 0 spiro atoms. The summed E-state index contributed by atoms with van der Waals surface area (Å²) in [6.07, 6.45) is 8.02. The predicted octanol–water partition coefficient (Wildman–Crippen LogP) is 3.71. The number of pyridine rings is 1. The van der Waals surface area contributed by atoms with Gasteiger partial charge in [0.1, 0.15) is 5.69 Å². The molecule has 148 valence electrons. The summed E-state index contributed by atoms with van der Waals surface area (Å²) in [6.45, 7) is 2.46. The van der Waals surface area contributed by atoms with Gasteiger partial charge in [0, 0.05) is 12.5 Å². The number of carbonyl (C=O) groups excluding carboxylic acids is 1. The van der Waals surface area contributed by atoms with Gasteiger partial charge in [0.15, 0.2) is 5.82 Å². The van der Waals surface area contributed by atoms with E-state index in [1.807, 2.05) is 12.1 Å². The largest absolute Gasteiger partial charge is 0.477 e. The maximum Gasteiger partial charge on any atom is 0.270 e. The molecule has 7 nitrogen and oxygen atoms in total. The number of amides is 1. The van der Waals surface area contributed by atoms with Crippen LogP contribution < -0.4 is 10.1 Å². The molecule has 2 heterocycles. The highest BCUT2D eigenvalue weighted by Crippen LogP contribution is 2.44. The molecule has 0 aromatic carbocycles. The van der Waals surface area contributed by atoms with Gasteiger partial charge in [-0.2, -0.15) is 4.98 Å². The van der Waals surface area contributed by atoms with Gasteiger partial charge in [-0.3, -0.25) is 4.79 Å². The van der Waals surface area contributed by atoms with Crippen molar-refractivity contribution >= 4 is 5.91 Å². The van der Waals surface area contributed by atoms with Gasteiger partial charge < -0.3 is 14.6 Å². The Bertz CT molecular complexity index is 868. The molecule has 1 atom stereocenters. The summed E-state index contributed by atoms with van der Waals surface area (Å²) in [6, 6.07) is 3.57. The normalized spacial score (nSPS) is 20.0. The fourth-order valence-corrected chi connectivity index (χ4v) is 3.48. The highest BCUT2D eigenvalue weighted by molar-refractivity contribution is 5.92. The molecule has 0 radical (unpaired) electrons. The summed E-state index contributed by atoms with van der Waals surface area (Å²) in [5, 5.41) is 7.08. The zero-order valence-corrected chi connectivity index (χ0v) is 16.2. The minimum atomic E-state index is -0.252. The van der Waals surface area contributed by atoms with Crippen LogP contribution >= 0.6 is 0 Å². The van der Waals surface area contributed by atoms with Crippen LogP contribution in [0, 0.1) is 18.8 Å². The number of nitrogens with zero attached hydrogens (tertiary/aromatic N) is 3. The van der Waals surface area contributed by atoms with Crippen LogP contribution in [-0.2, 0) is 0 Å². The zero-order valence-electron chi connectivity index (χ0n) is 16.2. The van der Waals surface area contributed by atoms with Gasteiger partial charge in [-0.05, 0) is 55.9 Å². The van der Waals surface area contributed by atoms with E-state index in [-0.39, 0.29) is 11.9 Å². The third-order valence-electron chi connectivity index (χ3n) is 5.72. The summed E-state index contributed by atoms with van der Waals surface area (Å²) in [4.78, 5) is 21.8. The van der Waals surface area contributed by atoms with Crippen molar-refractivity contribution in [2.45, 2.75) is 63.8 Å². The third-order valence-corrected chi connectivity index (χ3v) is 5.72. The quantitative estimate of drug-likeness (QED) is 0.711. The second-order valence-corrected chi connectivity index (χ2v) is 8.50. The first kappa shape index (κ1) is 17.6. The van der Waals surface area contributed by atoms with E-state index < -0.39 is 0 Å². The predicted molar refractivity (Wildman–Crippen MR) is 101 cm³/mol. The van der Waals surface area contributed by atoms with E-state index in [4.69, 9.17) is 9.26 Å². The van der Waals surface area contributed by atoms with E-state index in [9.17, 15) is 4.79 Å². The molecule has 2 aromatic rings. The molecule has 0 saturated heterocycles. The van der Waals surface area contributed by atoms with Gasteiger partial charge in [-0.25, -0.2) is 4.98 Å². The van der Waals surface area contributed by atoms with Gasteiger partial charge in [-0.1, -0.05) is 24.1 Å². The minimum absolute atomic E-state index is 0.216. The smallest absolute Gasteiger partial charge is 0.270 e. The molecular weight excluding hydrogens is 356 g/mol. The summed E-state index contributed by atoms with van der Waals surface area (Å²) in [7, 11) is 0. The van der Waals surface area contributed by atoms with Crippen LogP contribution in [0.5, 0.6) is 5.88 Å². The van der Waals surface area contributed by atoms with E-state index in [2.05, 4.69) is 20.4 Å². The fourth-order valence-electron chi connectivity index (χ4n) is 3.48. The number of aryl methyl sites for hydroxylation is 1. The first-order valence-corrected chi connectivity index (χ1v) is 10.4. The minimum Gasteiger partial charge on any atom is -0.477 e.